The average Bonchev–Trinajstić information content (AvgIpc) is 3.00. The summed E-state index contributed by atoms with van der Waals surface area (Å²) in [5.41, 5.74) is 0.545. The lowest BCUT2D eigenvalue weighted by Gasteiger charge is -2.11. The Morgan fingerprint density at radius 2 is 2.26 bits per heavy atom. The Morgan fingerprint density at radius 1 is 1.43 bits per heavy atom. The number of hydrogen-bond donors (Lipinski definition) is 1. The molecule has 1 amide bonds. The van der Waals surface area contributed by atoms with Crippen LogP contribution in [0.1, 0.15) is 0 Å². The molecule has 0 unspecified atom stereocenters. The van der Waals surface area contributed by atoms with Gasteiger partial charge in [-0.25, -0.2) is 4.68 Å². The number of methoxy groups -OCH3 is 2. The van der Waals surface area contributed by atoms with Gasteiger partial charge in [-0.2, -0.15) is 0 Å². The Hall–Kier alpha value is -2.55. The highest BCUT2D eigenvalue weighted by Gasteiger charge is 2.12. The summed E-state index contributed by atoms with van der Waals surface area (Å²) in [5, 5.41) is 14.6. The molecule has 0 bridgehead atoms. The number of thioether (sulfide) groups is 1. The molecule has 122 valence electrons. The number of ether oxygens (including phenoxy) is 2. The van der Waals surface area contributed by atoms with Crippen molar-refractivity contribution < 1.29 is 14.3 Å². The summed E-state index contributed by atoms with van der Waals surface area (Å²) in [4.78, 5) is 12.1. The third-order valence-corrected chi connectivity index (χ3v) is 3.77. The molecule has 1 aromatic heterocycles. The van der Waals surface area contributed by atoms with Gasteiger partial charge in [-0.15, -0.1) is 11.7 Å². The van der Waals surface area contributed by atoms with E-state index in [1.165, 1.54) is 18.9 Å². The maximum atomic E-state index is 12.1. The fourth-order valence-corrected chi connectivity index (χ4v) is 2.45. The van der Waals surface area contributed by atoms with Crippen LogP contribution in [-0.2, 0) is 11.3 Å². The minimum absolute atomic E-state index is 0.165. The lowest BCUT2D eigenvalue weighted by Crippen LogP contribution is -2.15. The Bertz CT molecular complexity index is 689. The van der Waals surface area contributed by atoms with Crippen molar-refractivity contribution in [2.45, 2.75) is 11.7 Å². The lowest BCUT2D eigenvalue weighted by atomic mass is 10.2. The molecule has 0 saturated heterocycles. The van der Waals surface area contributed by atoms with Crippen molar-refractivity contribution in [3.63, 3.8) is 0 Å². The normalized spacial score (nSPS) is 10.2. The van der Waals surface area contributed by atoms with E-state index in [9.17, 15) is 4.79 Å². The molecule has 0 radical (unpaired) electrons. The SMILES string of the molecule is C=CCn1nnnc1SCC(=O)Nc1cc(OC)ccc1OC. The molecule has 1 N–H and O–H groups in total. The second-order valence-corrected chi connectivity index (χ2v) is 5.28. The van der Waals surface area contributed by atoms with Gasteiger partial charge in [0.2, 0.25) is 11.1 Å². The molecule has 1 heterocycles. The van der Waals surface area contributed by atoms with Crippen molar-refractivity contribution in [3.05, 3.63) is 30.9 Å². The fourth-order valence-electron chi connectivity index (χ4n) is 1.76. The molecule has 2 aromatic rings. The van der Waals surface area contributed by atoms with Crippen LogP contribution in [0.5, 0.6) is 11.5 Å². The van der Waals surface area contributed by atoms with Crippen LogP contribution in [0.4, 0.5) is 5.69 Å². The van der Waals surface area contributed by atoms with Crippen molar-refractivity contribution in [2.75, 3.05) is 25.3 Å². The molecule has 0 aliphatic carbocycles. The van der Waals surface area contributed by atoms with Crippen molar-refractivity contribution in [2.24, 2.45) is 0 Å². The molecule has 0 saturated carbocycles. The van der Waals surface area contributed by atoms with Gasteiger partial charge in [-0.05, 0) is 22.6 Å². The highest BCUT2D eigenvalue weighted by Crippen LogP contribution is 2.29. The Labute approximate surface area is 137 Å². The average molecular weight is 335 g/mol. The van der Waals surface area contributed by atoms with Crippen LogP contribution < -0.4 is 14.8 Å². The second-order valence-electron chi connectivity index (χ2n) is 4.34. The van der Waals surface area contributed by atoms with Crippen LogP contribution >= 0.6 is 11.8 Å². The Balaban J connectivity index is 1.99. The fraction of sp³-hybridized carbons (Fsp3) is 0.286. The summed E-state index contributed by atoms with van der Waals surface area (Å²) in [6.45, 7) is 4.12. The minimum Gasteiger partial charge on any atom is -0.497 e. The quantitative estimate of drug-likeness (QED) is 0.579. The van der Waals surface area contributed by atoms with E-state index in [0.29, 0.717) is 28.9 Å². The predicted octanol–water partition coefficient (Wildman–Crippen LogP) is 1.61. The number of anilines is 1. The van der Waals surface area contributed by atoms with E-state index in [4.69, 9.17) is 9.47 Å². The molecular weight excluding hydrogens is 318 g/mol. The summed E-state index contributed by atoms with van der Waals surface area (Å²) in [7, 11) is 3.10. The second kappa shape index (κ2) is 8.18. The van der Waals surface area contributed by atoms with Gasteiger partial charge in [0.05, 0.1) is 32.2 Å². The van der Waals surface area contributed by atoms with Crippen LogP contribution in [0.15, 0.2) is 36.0 Å². The Morgan fingerprint density at radius 3 is 2.96 bits per heavy atom. The first kappa shape index (κ1) is 16.8. The van der Waals surface area contributed by atoms with Crippen LogP contribution in [0.3, 0.4) is 0 Å². The number of amides is 1. The number of hydrogen-bond acceptors (Lipinski definition) is 7. The van der Waals surface area contributed by atoms with Gasteiger partial charge < -0.3 is 14.8 Å². The molecule has 0 atom stereocenters. The van der Waals surface area contributed by atoms with Crippen LogP contribution in [0.2, 0.25) is 0 Å². The highest BCUT2D eigenvalue weighted by atomic mass is 32.2. The van der Waals surface area contributed by atoms with E-state index in [0.717, 1.165) is 0 Å². The van der Waals surface area contributed by atoms with Gasteiger partial charge in [0.15, 0.2) is 0 Å². The number of tetrazole rings is 1. The molecule has 0 aliphatic heterocycles. The third kappa shape index (κ3) is 4.46. The van der Waals surface area contributed by atoms with E-state index in [-0.39, 0.29) is 11.7 Å². The van der Waals surface area contributed by atoms with Crippen molar-refractivity contribution in [3.8, 4) is 11.5 Å². The molecule has 0 spiro atoms. The molecular formula is C14H17N5O3S. The van der Waals surface area contributed by atoms with Gasteiger partial charge in [0.25, 0.3) is 0 Å². The molecule has 0 aliphatic rings. The molecule has 9 heteroatoms. The Kier molecular flexibility index (Phi) is 5.98. The van der Waals surface area contributed by atoms with Gasteiger partial charge in [-0.3, -0.25) is 4.79 Å². The minimum atomic E-state index is -0.199. The molecule has 8 nitrogen and oxygen atoms in total. The van der Waals surface area contributed by atoms with Crippen LogP contribution in [0.25, 0.3) is 0 Å². The summed E-state index contributed by atoms with van der Waals surface area (Å²) in [6.07, 6.45) is 1.68. The van der Waals surface area contributed by atoms with Gasteiger partial charge in [0, 0.05) is 6.07 Å². The number of allylic oxidation sites excluding steroid dienone is 1. The third-order valence-electron chi connectivity index (χ3n) is 2.81. The van der Waals surface area contributed by atoms with Gasteiger partial charge in [-0.1, -0.05) is 17.8 Å². The molecule has 0 fully saturated rings. The molecule has 1 aromatic carbocycles. The number of nitrogens with zero attached hydrogens (tertiary/aromatic N) is 4. The number of carbonyl (C=O) groups excluding carboxylic acids is 1. The van der Waals surface area contributed by atoms with E-state index in [1.807, 2.05) is 0 Å². The van der Waals surface area contributed by atoms with E-state index >= 15 is 0 Å². The molecule has 23 heavy (non-hydrogen) atoms. The van der Waals surface area contributed by atoms with Crippen molar-refractivity contribution in [1.82, 2.24) is 20.2 Å². The largest absolute Gasteiger partial charge is 0.497 e. The van der Waals surface area contributed by atoms with E-state index < -0.39 is 0 Å². The zero-order valence-corrected chi connectivity index (χ0v) is 13.7. The predicted molar refractivity (Wildman–Crippen MR) is 86.9 cm³/mol. The first-order valence-electron chi connectivity index (χ1n) is 6.69. The van der Waals surface area contributed by atoms with E-state index in [1.54, 1.807) is 36.1 Å². The summed E-state index contributed by atoms with van der Waals surface area (Å²) < 4.78 is 11.9. The lowest BCUT2D eigenvalue weighted by molar-refractivity contribution is -0.113. The van der Waals surface area contributed by atoms with Gasteiger partial charge >= 0.3 is 0 Å². The number of rotatable bonds is 8. The summed E-state index contributed by atoms with van der Waals surface area (Å²) >= 11 is 1.24. The topological polar surface area (TPSA) is 91.2 Å². The first-order chi connectivity index (χ1) is 11.2. The van der Waals surface area contributed by atoms with Crippen molar-refractivity contribution >= 4 is 23.4 Å². The maximum absolute atomic E-state index is 12.1. The van der Waals surface area contributed by atoms with Crippen LogP contribution in [-0.4, -0.2) is 46.1 Å². The zero-order chi connectivity index (χ0) is 16.7. The van der Waals surface area contributed by atoms with E-state index in [2.05, 4.69) is 27.4 Å². The zero-order valence-electron chi connectivity index (χ0n) is 12.9. The molecule has 2 rings (SSSR count). The van der Waals surface area contributed by atoms with Crippen LogP contribution in [0, 0.1) is 0 Å². The first-order valence-corrected chi connectivity index (χ1v) is 7.68. The number of benzene rings is 1. The summed E-state index contributed by atoms with van der Waals surface area (Å²) in [5.74, 6) is 1.15. The smallest absolute Gasteiger partial charge is 0.234 e. The number of nitrogens with one attached hydrogen (secondary N) is 1. The standard InChI is InChI=1S/C14H17N5O3S/c1-4-7-19-14(16-17-18-19)23-9-13(20)15-11-8-10(21-2)5-6-12(11)22-3/h4-6,8H,1,7,9H2,2-3H3,(H,15,20). The number of aromatic nitrogens is 4. The number of carbonyl (C=O) groups is 1. The van der Waals surface area contributed by atoms with Gasteiger partial charge in [0.1, 0.15) is 11.5 Å². The highest BCUT2D eigenvalue weighted by molar-refractivity contribution is 7.99. The maximum Gasteiger partial charge on any atom is 0.234 e. The monoisotopic (exact) mass is 335 g/mol. The summed E-state index contributed by atoms with van der Waals surface area (Å²) in [6, 6.07) is 5.18. The van der Waals surface area contributed by atoms with Crippen molar-refractivity contribution in [1.29, 1.82) is 0 Å².